The Morgan fingerprint density at radius 2 is 1.82 bits per heavy atom. The number of thioether (sulfide) groups is 1. The molecule has 1 aromatic carbocycles. The van der Waals surface area contributed by atoms with Crippen molar-refractivity contribution in [1.29, 1.82) is 0 Å². The van der Waals surface area contributed by atoms with Crippen LogP contribution in [0.5, 0.6) is 0 Å². The molecule has 1 aliphatic heterocycles. The average Bonchev–Trinajstić information content (AvgIpc) is 2.73. The van der Waals surface area contributed by atoms with Crippen LogP contribution in [0.3, 0.4) is 0 Å². The van der Waals surface area contributed by atoms with E-state index in [9.17, 15) is 9.59 Å². The number of carbonyl (C=O) groups excluding carboxylic acids is 1. The second kappa shape index (κ2) is 9.09. The van der Waals surface area contributed by atoms with Crippen LogP contribution in [0.4, 0.5) is 0 Å². The maximum atomic E-state index is 13.1. The Hall–Kier alpha value is -1.86. The van der Waals surface area contributed by atoms with Gasteiger partial charge in [-0.3, -0.25) is 14.2 Å². The molecule has 1 aromatic heterocycles. The number of hydrogen-bond acceptors (Lipinski definition) is 5. The lowest BCUT2D eigenvalue weighted by atomic mass is 10.2. The summed E-state index contributed by atoms with van der Waals surface area (Å²) in [5.74, 6) is 0.124. The summed E-state index contributed by atoms with van der Waals surface area (Å²) in [5.41, 5.74) is 0.657. The molecule has 152 valence electrons. The second-order valence-electron chi connectivity index (χ2n) is 7.36. The standard InChI is InChI=1S/C21H30N4O2S/c1-5-15(3)25-20(27)17-9-7-8-10-18(17)22-21(25)28-16(4)19(26)24-13-11-23(6-2)12-14-24/h7-10,15-16H,5-6,11-14H2,1-4H3/t15-,16-/m0/s1. The van der Waals surface area contributed by atoms with E-state index in [1.165, 1.54) is 11.8 Å². The normalized spacial score (nSPS) is 17.6. The molecule has 1 fully saturated rings. The Morgan fingerprint density at radius 1 is 1.14 bits per heavy atom. The van der Waals surface area contributed by atoms with Gasteiger partial charge in [-0.15, -0.1) is 0 Å². The van der Waals surface area contributed by atoms with Crippen molar-refractivity contribution in [2.75, 3.05) is 32.7 Å². The summed E-state index contributed by atoms with van der Waals surface area (Å²) in [7, 11) is 0. The van der Waals surface area contributed by atoms with Crippen molar-refractivity contribution >= 4 is 28.6 Å². The molecule has 0 saturated carbocycles. The third kappa shape index (κ3) is 4.25. The molecule has 1 amide bonds. The van der Waals surface area contributed by atoms with Gasteiger partial charge in [0.25, 0.3) is 5.56 Å². The maximum Gasteiger partial charge on any atom is 0.262 e. The molecule has 7 heteroatoms. The van der Waals surface area contributed by atoms with Crippen LogP contribution in [0, 0.1) is 0 Å². The molecular weight excluding hydrogens is 372 g/mol. The van der Waals surface area contributed by atoms with Crippen molar-refractivity contribution in [2.45, 2.75) is 50.6 Å². The van der Waals surface area contributed by atoms with Crippen molar-refractivity contribution in [3.8, 4) is 0 Å². The lowest BCUT2D eigenvalue weighted by Crippen LogP contribution is -2.50. The first-order valence-electron chi connectivity index (χ1n) is 10.1. The summed E-state index contributed by atoms with van der Waals surface area (Å²) >= 11 is 1.40. The number of rotatable bonds is 6. The highest BCUT2D eigenvalue weighted by Gasteiger charge is 2.27. The van der Waals surface area contributed by atoms with Crippen LogP contribution in [-0.4, -0.2) is 63.2 Å². The first-order chi connectivity index (χ1) is 13.5. The van der Waals surface area contributed by atoms with Crippen LogP contribution >= 0.6 is 11.8 Å². The molecule has 28 heavy (non-hydrogen) atoms. The van der Waals surface area contributed by atoms with Crippen LogP contribution in [0.2, 0.25) is 0 Å². The minimum Gasteiger partial charge on any atom is -0.339 e. The zero-order valence-corrected chi connectivity index (χ0v) is 18.0. The lowest BCUT2D eigenvalue weighted by Gasteiger charge is -2.35. The molecular formula is C21H30N4O2S. The summed E-state index contributed by atoms with van der Waals surface area (Å²) in [6, 6.07) is 7.46. The van der Waals surface area contributed by atoms with Crippen LogP contribution in [0.1, 0.15) is 40.2 Å². The number of hydrogen-bond donors (Lipinski definition) is 0. The summed E-state index contributed by atoms with van der Waals surface area (Å²) < 4.78 is 1.76. The predicted molar refractivity (Wildman–Crippen MR) is 115 cm³/mol. The average molecular weight is 403 g/mol. The number of likely N-dealkylation sites (N-methyl/N-ethyl adjacent to an activating group) is 1. The smallest absolute Gasteiger partial charge is 0.262 e. The highest BCUT2D eigenvalue weighted by molar-refractivity contribution is 8.00. The highest BCUT2D eigenvalue weighted by atomic mass is 32.2. The van der Waals surface area contributed by atoms with Gasteiger partial charge in [0.2, 0.25) is 5.91 Å². The maximum absolute atomic E-state index is 13.1. The Labute approximate surface area is 170 Å². The summed E-state index contributed by atoms with van der Waals surface area (Å²) in [6.45, 7) is 12.5. The van der Waals surface area contributed by atoms with Crippen molar-refractivity contribution in [1.82, 2.24) is 19.4 Å². The Bertz CT molecular complexity index is 890. The number of para-hydroxylation sites is 1. The molecule has 0 aliphatic carbocycles. The van der Waals surface area contributed by atoms with Gasteiger partial charge in [-0.25, -0.2) is 4.98 Å². The van der Waals surface area contributed by atoms with E-state index in [2.05, 4.69) is 18.7 Å². The number of aromatic nitrogens is 2. The first-order valence-corrected chi connectivity index (χ1v) is 11.0. The molecule has 2 heterocycles. The van der Waals surface area contributed by atoms with Gasteiger partial charge in [-0.1, -0.05) is 37.7 Å². The van der Waals surface area contributed by atoms with Gasteiger partial charge in [0.15, 0.2) is 5.16 Å². The fourth-order valence-electron chi connectivity index (χ4n) is 3.53. The quantitative estimate of drug-likeness (QED) is 0.549. The Balaban J connectivity index is 1.86. The van der Waals surface area contributed by atoms with E-state index in [-0.39, 0.29) is 22.8 Å². The predicted octanol–water partition coefficient (Wildman–Crippen LogP) is 3.01. The molecule has 6 nitrogen and oxygen atoms in total. The number of benzene rings is 1. The van der Waals surface area contributed by atoms with Gasteiger partial charge in [-0.05, 0) is 38.9 Å². The third-order valence-corrected chi connectivity index (χ3v) is 6.62. The van der Waals surface area contributed by atoms with E-state index in [4.69, 9.17) is 4.98 Å². The molecule has 2 atom stereocenters. The second-order valence-corrected chi connectivity index (χ2v) is 8.67. The van der Waals surface area contributed by atoms with Gasteiger partial charge >= 0.3 is 0 Å². The van der Waals surface area contributed by atoms with Crippen molar-refractivity contribution in [3.63, 3.8) is 0 Å². The molecule has 0 N–H and O–H groups in total. The minimum absolute atomic E-state index is 0.0290. The Morgan fingerprint density at radius 3 is 2.46 bits per heavy atom. The zero-order valence-electron chi connectivity index (χ0n) is 17.2. The van der Waals surface area contributed by atoms with Crippen molar-refractivity contribution in [3.05, 3.63) is 34.6 Å². The van der Waals surface area contributed by atoms with Crippen molar-refractivity contribution < 1.29 is 4.79 Å². The van der Waals surface area contributed by atoms with Gasteiger partial charge in [-0.2, -0.15) is 0 Å². The van der Waals surface area contributed by atoms with E-state index in [1.54, 1.807) is 4.57 Å². The van der Waals surface area contributed by atoms with E-state index < -0.39 is 0 Å². The fraction of sp³-hybridized carbons (Fsp3) is 0.571. The van der Waals surface area contributed by atoms with Crippen LogP contribution in [0.15, 0.2) is 34.2 Å². The van der Waals surface area contributed by atoms with Crippen LogP contribution in [0.25, 0.3) is 10.9 Å². The molecule has 0 spiro atoms. The molecule has 0 radical (unpaired) electrons. The fourth-order valence-corrected chi connectivity index (χ4v) is 4.62. The summed E-state index contributed by atoms with van der Waals surface area (Å²) in [6.07, 6.45) is 0.828. The minimum atomic E-state index is -0.281. The van der Waals surface area contributed by atoms with E-state index in [1.807, 2.05) is 43.0 Å². The number of nitrogens with zero attached hydrogens (tertiary/aromatic N) is 4. The molecule has 0 bridgehead atoms. The topological polar surface area (TPSA) is 58.4 Å². The molecule has 0 unspecified atom stereocenters. The van der Waals surface area contributed by atoms with Crippen molar-refractivity contribution in [2.24, 2.45) is 0 Å². The third-order valence-electron chi connectivity index (χ3n) is 5.57. The van der Waals surface area contributed by atoms with E-state index in [0.29, 0.717) is 16.1 Å². The number of piperazine rings is 1. The Kier molecular flexibility index (Phi) is 6.78. The van der Waals surface area contributed by atoms with Gasteiger partial charge in [0.05, 0.1) is 16.2 Å². The lowest BCUT2D eigenvalue weighted by molar-refractivity contribution is -0.132. The van der Waals surface area contributed by atoms with Gasteiger partial charge in [0.1, 0.15) is 0 Å². The number of carbonyl (C=O) groups is 1. The molecule has 3 rings (SSSR count). The van der Waals surface area contributed by atoms with Gasteiger partial charge in [0, 0.05) is 32.2 Å². The van der Waals surface area contributed by atoms with Crippen LogP contribution < -0.4 is 5.56 Å². The largest absolute Gasteiger partial charge is 0.339 e. The monoisotopic (exact) mass is 402 g/mol. The number of fused-ring (bicyclic) bond motifs is 1. The molecule has 2 aromatic rings. The summed E-state index contributed by atoms with van der Waals surface area (Å²) in [5, 5.41) is 0.976. The number of amides is 1. The molecule has 1 saturated heterocycles. The zero-order chi connectivity index (χ0) is 20.3. The first kappa shape index (κ1) is 20.9. The van der Waals surface area contributed by atoms with E-state index in [0.717, 1.165) is 39.1 Å². The summed E-state index contributed by atoms with van der Waals surface area (Å²) in [4.78, 5) is 35.1. The van der Waals surface area contributed by atoms with Crippen LogP contribution in [-0.2, 0) is 4.79 Å². The van der Waals surface area contributed by atoms with E-state index >= 15 is 0 Å². The SMILES string of the molecule is CC[C@H](C)n1c(S[C@@H](C)C(=O)N2CCN(CC)CC2)nc2ccccc2c1=O. The van der Waals surface area contributed by atoms with Gasteiger partial charge < -0.3 is 9.80 Å². The molecule has 1 aliphatic rings. The highest BCUT2D eigenvalue weighted by Crippen LogP contribution is 2.27.